The third-order valence-corrected chi connectivity index (χ3v) is 3.24. The highest BCUT2D eigenvalue weighted by Crippen LogP contribution is 2.32. The lowest BCUT2D eigenvalue weighted by molar-refractivity contribution is -0.0282. The van der Waals surface area contributed by atoms with E-state index in [9.17, 15) is 4.79 Å². The quantitative estimate of drug-likeness (QED) is 0.791. The molecule has 0 unspecified atom stereocenters. The van der Waals surface area contributed by atoms with Crippen molar-refractivity contribution in [2.45, 2.75) is 18.9 Å². The maximum Gasteiger partial charge on any atom is 0.274 e. The van der Waals surface area contributed by atoms with E-state index in [0.717, 1.165) is 25.9 Å². The molecule has 6 heteroatoms. The molecule has 0 aliphatic carbocycles. The van der Waals surface area contributed by atoms with Gasteiger partial charge in [-0.15, -0.1) is 0 Å². The van der Waals surface area contributed by atoms with Crippen LogP contribution in [0.2, 0.25) is 0 Å². The Morgan fingerprint density at radius 1 is 1.26 bits per heavy atom. The van der Waals surface area contributed by atoms with Gasteiger partial charge in [0.25, 0.3) is 5.91 Å². The molecule has 1 saturated heterocycles. The second-order valence-corrected chi connectivity index (χ2v) is 4.57. The summed E-state index contributed by atoms with van der Waals surface area (Å²) in [4.78, 5) is 17.3. The van der Waals surface area contributed by atoms with Gasteiger partial charge in [0.05, 0.1) is 6.10 Å². The predicted octanol–water partition coefficient (Wildman–Crippen LogP) is 0.829. The second kappa shape index (κ2) is 5.46. The molecule has 2 N–H and O–H groups in total. The van der Waals surface area contributed by atoms with Gasteiger partial charge in [0, 0.05) is 5.56 Å². The Bertz CT molecular complexity index is 472. The van der Waals surface area contributed by atoms with Crippen molar-refractivity contribution in [2.75, 3.05) is 19.9 Å². The Labute approximate surface area is 111 Å². The summed E-state index contributed by atoms with van der Waals surface area (Å²) in [7, 11) is 0. The number of hydrogen-bond donors (Lipinski definition) is 2. The van der Waals surface area contributed by atoms with Crippen LogP contribution in [0.5, 0.6) is 11.5 Å². The Hall–Kier alpha value is -1.79. The number of ether oxygens (including phenoxy) is 2. The van der Waals surface area contributed by atoms with E-state index in [1.54, 1.807) is 18.2 Å². The van der Waals surface area contributed by atoms with Gasteiger partial charge in [-0.3, -0.25) is 9.63 Å². The van der Waals surface area contributed by atoms with Crippen LogP contribution in [-0.4, -0.2) is 31.9 Å². The smallest absolute Gasteiger partial charge is 0.274 e. The maximum atomic E-state index is 11.9. The molecule has 3 rings (SSSR count). The number of fused-ring (bicyclic) bond motifs is 1. The van der Waals surface area contributed by atoms with Crippen LogP contribution in [-0.2, 0) is 4.84 Å². The second-order valence-electron chi connectivity index (χ2n) is 4.57. The fourth-order valence-corrected chi connectivity index (χ4v) is 2.15. The number of rotatable bonds is 3. The molecule has 1 amide bonds. The third kappa shape index (κ3) is 2.80. The molecule has 2 heterocycles. The molecule has 1 aromatic rings. The lowest BCUT2D eigenvalue weighted by atomic mass is 10.1. The average molecular weight is 264 g/mol. The van der Waals surface area contributed by atoms with Crippen molar-refractivity contribution >= 4 is 5.91 Å². The fraction of sp³-hybridized carbons (Fsp3) is 0.462. The summed E-state index contributed by atoms with van der Waals surface area (Å²) in [5.41, 5.74) is 3.00. The number of piperidine rings is 1. The summed E-state index contributed by atoms with van der Waals surface area (Å²) >= 11 is 0. The molecule has 0 atom stereocenters. The van der Waals surface area contributed by atoms with Crippen LogP contribution in [0.3, 0.4) is 0 Å². The lowest BCUT2D eigenvalue weighted by Crippen LogP contribution is -2.37. The molecule has 1 aromatic carbocycles. The zero-order valence-electron chi connectivity index (χ0n) is 10.5. The zero-order valence-corrected chi connectivity index (χ0v) is 10.5. The van der Waals surface area contributed by atoms with Gasteiger partial charge in [-0.25, -0.2) is 5.48 Å². The first kappa shape index (κ1) is 12.3. The Morgan fingerprint density at radius 3 is 2.89 bits per heavy atom. The van der Waals surface area contributed by atoms with Crippen LogP contribution in [0.1, 0.15) is 23.2 Å². The van der Waals surface area contributed by atoms with E-state index in [-0.39, 0.29) is 18.8 Å². The summed E-state index contributed by atoms with van der Waals surface area (Å²) < 4.78 is 10.4. The highest BCUT2D eigenvalue weighted by atomic mass is 16.7. The number of benzene rings is 1. The summed E-state index contributed by atoms with van der Waals surface area (Å²) in [5, 5.41) is 3.24. The number of nitrogens with one attached hydrogen (secondary N) is 2. The molecule has 1 fully saturated rings. The first-order valence-electron chi connectivity index (χ1n) is 6.39. The largest absolute Gasteiger partial charge is 0.454 e. The van der Waals surface area contributed by atoms with E-state index in [4.69, 9.17) is 14.3 Å². The van der Waals surface area contributed by atoms with Crippen LogP contribution in [0.4, 0.5) is 0 Å². The van der Waals surface area contributed by atoms with Gasteiger partial charge < -0.3 is 14.8 Å². The summed E-state index contributed by atoms with van der Waals surface area (Å²) in [5.74, 6) is 0.988. The van der Waals surface area contributed by atoms with Gasteiger partial charge in [-0.2, -0.15) is 0 Å². The Morgan fingerprint density at radius 2 is 2.05 bits per heavy atom. The van der Waals surface area contributed by atoms with Gasteiger partial charge in [0.15, 0.2) is 11.5 Å². The van der Waals surface area contributed by atoms with Crippen molar-refractivity contribution in [1.29, 1.82) is 0 Å². The zero-order chi connectivity index (χ0) is 13.1. The van der Waals surface area contributed by atoms with E-state index < -0.39 is 0 Å². The fourth-order valence-electron chi connectivity index (χ4n) is 2.15. The molecule has 2 aliphatic heterocycles. The number of carbonyl (C=O) groups is 1. The third-order valence-electron chi connectivity index (χ3n) is 3.24. The predicted molar refractivity (Wildman–Crippen MR) is 67.0 cm³/mol. The molecule has 0 radical (unpaired) electrons. The van der Waals surface area contributed by atoms with Gasteiger partial charge in [-0.05, 0) is 44.1 Å². The first-order chi connectivity index (χ1) is 9.33. The minimum absolute atomic E-state index is 0.0826. The lowest BCUT2D eigenvalue weighted by Gasteiger charge is -2.22. The molecule has 0 saturated carbocycles. The van der Waals surface area contributed by atoms with Crippen LogP contribution in [0, 0.1) is 0 Å². The molecule has 2 aliphatic rings. The number of hydrogen-bond acceptors (Lipinski definition) is 5. The number of carbonyl (C=O) groups excluding carboxylic acids is 1. The van der Waals surface area contributed by atoms with E-state index in [2.05, 4.69) is 10.8 Å². The topological polar surface area (TPSA) is 68.8 Å². The normalized spacial score (nSPS) is 18.3. The van der Waals surface area contributed by atoms with Gasteiger partial charge in [-0.1, -0.05) is 0 Å². The van der Waals surface area contributed by atoms with Crippen molar-refractivity contribution in [2.24, 2.45) is 0 Å². The molecule has 0 aromatic heterocycles. The average Bonchev–Trinajstić information content (AvgIpc) is 2.93. The maximum absolute atomic E-state index is 11.9. The van der Waals surface area contributed by atoms with E-state index in [0.29, 0.717) is 17.1 Å². The molecule has 6 nitrogen and oxygen atoms in total. The SMILES string of the molecule is O=C(NOC1CCNCC1)c1ccc2c(c1)OCO2. The van der Waals surface area contributed by atoms with E-state index in [1.807, 2.05) is 0 Å². The molecule has 0 bridgehead atoms. The standard InChI is InChI=1S/C13H16N2O4/c16-13(15-19-10-3-5-14-6-4-10)9-1-2-11-12(7-9)18-8-17-11/h1-2,7,10,14H,3-6,8H2,(H,15,16). The van der Waals surface area contributed by atoms with E-state index in [1.165, 1.54) is 0 Å². The van der Waals surface area contributed by atoms with Crippen LogP contribution < -0.4 is 20.3 Å². The van der Waals surface area contributed by atoms with Crippen LogP contribution in [0.15, 0.2) is 18.2 Å². The monoisotopic (exact) mass is 264 g/mol. The summed E-state index contributed by atoms with van der Waals surface area (Å²) in [6.45, 7) is 2.04. The molecular formula is C13H16N2O4. The highest BCUT2D eigenvalue weighted by Gasteiger charge is 2.18. The minimum atomic E-state index is -0.267. The van der Waals surface area contributed by atoms with Gasteiger partial charge >= 0.3 is 0 Å². The van der Waals surface area contributed by atoms with Gasteiger partial charge in [0.1, 0.15) is 0 Å². The first-order valence-corrected chi connectivity index (χ1v) is 6.39. The van der Waals surface area contributed by atoms with Crippen molar-refractivity contribution < 1.29 is 19.1 Å². The van der Waals surface area contributed by atoms with Crippen molar-refractivity contribution in [3.8, 4) is 11.5 Å². The van der Waals surface area contributed by atoms with E-state index >= 15 is 0 Å². The molecule has 102 valence electrons. The number of amides is 1. The molecule has 0 spiro atoms. The number of hydroxylamine groups is 1. The minimum Gasteiger partial charge on any atom is -0.454 e. The Kier molecular flexibility index (Phi) is 3.52. The molecule has 19 heavy (non-hydrogen) atoms. The van der Waals surface area contributed by atoms with Crippen LogP contribution >= 0.6 is 0 Å². The van der Waals surface area contributed by atoms with Crippen molar-refractivity contribution in [3.63, 3.8) is 0 Å². The molecular weight excluding hydrogens is 248 g/mol. The Balaban J connectivity index is 1.57. The van der Waals surface area contributed by atoms with Gasteiger partial charge in [0.2, 0.25) is 6.79 Å². The van der Waals surface area contributed by atoms with Crippen LogP contribution in [0.25, 0.3) is 0 Å². The summed E-state index contributed by atoms with van der Waals surface area (Å²) in [6, 6.07) is 5.07. The highest BCUT2D eigenvalue weighted by molar-refractivity contribution is 5.94. The van der Waals surface area contributed by atoms with Crippen molar-refractivity contribution in [1.82, 2.24) is 10.8 Å². The van der Waals surface area contributed by atoms with Crippen molar-refractivity contribution in [3.05, 3.63) is 23.8 Å². The summed E-state index contributed by atoms with van der Waals surface area (Å²) in [6.07, 6.45) is 1.89.